The number of aryl methyl sites for hydroxylation is 1. The van der Waals surface area contributed by atoms with Crippen molar-refractivity contribution in [3.05, 3.63) is 16.3 Å². The molecule has 0 aliphatic rings. The fourth-order valence-electron chi connectivity index (χ4n) is 3.00. The Bertz CT molecular complexity index is 358. The first-order valence-electron chi connectivity index (χ1n) is 10.0. The van der Waals surface area contributed by atoms with Gasteiger partial charge in [-0.25, -0.2) is 0 Å². The molecule has 0 bridgehead atoms. The Hall–Kier alpha value is -0.500. The van der Waals surface area contributed by atoms with Gasteiger partial charge in [0, 0.05) is 4.88 Å². The maximum Gasteiger partial charge on any atom is 0.132 e. The Kier molecular flexibility index (Phi) is 13.4. The number of hydrogen-bond donors (Lipinski definition) is 0. The minimum atomic E-state index is 0.885. The third-order valence-corrected chi connectivity index (χ3v) is 5.39. The summed E-state index contributed by atoms with van der Waals surface area (Å²) in [6.45, 7) is 5.30. The maximum atomic E-state index is 5.79. The van der Waals surface area contributed by atoms with Crippen LogP contribution in [0.3, 0.4) is 0 Å². The van der Waals surface area contributed by atoms with Crippen molar-refractivity contribution in [2.45, 2.75) is 104 Å². The molecule has 23 heavy (non-hydrogen) atoms. The van der Waals surface area contributed by atoms with Gasteiger partial charge in [-0.15, -0.1) is 11.3 Å². The van der Waals surface area contributed by atoms with Gasteiger partial charge in [0.25, 0.3) is 0 Å². The second-order valence-corrected chi connectivity index (χ2v) is 7.91. The van der Waals surface area contributed by atoms with Gasteiger partial charge in [-0.05, 0) is 24.8 Å². The Morgan fingerprint density at radius 2 is 1.22 bits per heavy atom. The van der Waals surface area contributed by atoms with Crippen LogP contribution in [0.4, 0.5) is 0 Å². The molecule has 0 saturated carbocycles. The summed E-state index contributed by atoms with van der Waals surface area (Å²) in [4.78, 5) is 1.30. The Balaban J connectivity index is 1.72. The van der Waals surface area contributed by atoms with Gasteiger partial charge in [0.2, 0.25) is 0 Å². The van der Waals surface area contributed by atoms with Crippen molar-refractivity contribution in [3.63, 3.8) is 0 Å². The van der Waals surface area contributed by atoms with E-state index in [1.54, 1.807) is 11.3 Å². The molecule has 0 aliphatic heterocycles. The first-order chi connectivity index (χ1) is 11.3. The zero-order valence-corrected chi connectivity index (χ0v) is 16.4. The summed E-state index contributed by atoms with van der Waals surface area (Å²) in [5.74, 6) is 1.09. The third-order valence-electron chi connectivity index (χ3n) is 4.57. The quantitative estimate of drug-likeness (QED) is 0.278. The van der Waals surface area contributed by atoms with Gasteiger partial charge < -0.3 is 4.74 Å². The van der Waals surface area contributed by atoms with Crippen molar-refractivity contribution < 1.29 is 4.74 Å². The van der Waals surface area contributed by atoms with E-state index in [4.69, 9.17) is 4.74 Å². The number of hydrogen-bond acceptors (Lipinski definition) is 2. The van der Waals surface area contributed by atoms with E-state index in [0.717, 1.165) is 12.4 Å². The molecule has 0 saturated heterocycles. The van der Waals surface area contributed by atoms with Crippen LogP contribution < -0.4 is 4.74 Å². The Morgan fingerprint density at radius 1 is 0.739 bits per heavy atom. The van der Waals surface area contributed by atoms with E-state index in [-0.39, 0.29) is 0 Å². The summed E-state index contributed by atoms with van der Waals surface area (Å²) in [5.41, 5.74) is 0. The molecule has 0 atom stereocenters. The summed E-state index contributed by atoms with van der Waals surface area (Å²) >= 11 is 1.77. The fraction of sp³-hybridized carbons (Fsp3) is 0.810. The standard InChI is InChI=1S/C21H38OS/c1-3-4-5-6-7-8-9-10-11-12-13-14-15-16-18-22-21-17-19-23-20(21)2/h17,19H,3-16,18H2,1-2H3. The molecule has 0 radical (unpaired) electrons. The van der Waals surface area contributed by atoms with E-state index in [1.165, 1.54) is 94.8 Å². The SMILES string of the molecule is CCCCCCCCCCCCCCCCOc1ccsc1C. The lowest BCUT2D eigenvalue weighted by atomic mass is 10.0. The van der Waals surface area contributed by atoms with Gasteiger partial charge in [0.1, 0.15) is 5.75 Å². The molecule has 1 heterocycles. The lowest BCUT2D eigenvalue weighted by Crippen LogP contribution is -1.97. The van der Waals surface area contributed by atoms with E-state index in [0.29, 0.717) is 0 Å². The lowest BCUT2D eigenvalue weighted by molar-refractivity contribution is 0.304. The van der Waals surface area contributed by atoms with Crippen molar-refractivity contribution in [2.24, 2.45) is 0 Å². The smallest absolute Gasteiger partial charge is 0.132 e. The predicted octanol–water partition coefficient (Wildman–Crippen LogP) is 7.92. The van der Waals surface area contributed by atoms with Crippen molar-refractivity contribution in [1.82, 2.24) is 0 Å². The van der Waals surface area contributed by atoms with Crippen LogP contribution in [0.25, 0.3) is 0 Å². The summed E-state index contributed by atoms with van der Waals surface area (Å²) in [5, 5.41) is 2.11. The van der Waals surface area contributed by atoms with E-state index in [1.807, 2.05) is 0 Å². The van der Waals surface area contributed by atoms with Crippen LogP contribution in [0.2, 0.25) is 0 Å². The number of unbranched alkanes of at least 4 members (excludes halogenated alkanes) is 13. The summed E-state index contributed by atoms with van der Waals surface area (Å²) in [6.07, 6.45) is 19.7. The molecule has 134 valence electrons. The van der Waals surface area contributed by atoms with Crippen LogP contribution >= 0.6 is 11.3 Å². The van der Waals surface area contributed by atoms with Crippen molar-refractivity contribution in [3.8, 4) is 5.75 Å². The number of ether oxygens (including phenoxy) is 1. The molecule has 2 heteroatoms. The van der Waals surface area contributed by atoms with E-state index < -0.39 is 0 Å². The molecule has 1 aromatic rings. The third kappa shape index (κ3) is 11.6. The van der Waals surface area contributed by atoms with Gasteiger partial charge in [0.05, 0.1) is 6.61 Å². The van der Waals surface area contributed by atoms with Crippen molar-refractivity contribution >= 4 is 11.3 Å². The largest absolute Gasteiger partial charge is 0.492 e. The van der Waals surface area contributed by atoms with E-state index in [2.05, 4.69) is 25.3 Å². The van der Waals surface area contributed by atoms with Gasteiger partial charge in [-0.1, -0.05) is 90.4 Å². The highest BCUT2D eigenvalue weighted by atomic mass is 32.1. The monoisotopic (exact) mass is 338 g/mol. The van der Waals surface area contributed by atoms with E-state index >= 15 is 0 Å². The second-order valence-electron chi connectivity index (χ2n) is 6.79. The summed E-state index contributed by atoms with van der Waals surface area (Å²) in [7, 11) is 0. The van der Waals surface area contributed by atoms with Gasteiger partial charge in [-0.2, -0.15) is 0 Å². The van der Waals surface area contributed by atoms with Crippen molar-refractivity contribution in [1.29, 1.82) is 0 Å². The van der Waals surface area contributed by atoms with Crippen LogP contribution in [0, 0.1) is 6.92 Å². The van der Waals surface area contributed by atoms with Gasteiger partial charge >= 0.3 is 0 Å². The second kappa shape index (κ2) is 15.1. The topological polar surface area (TPSA) is 9.23 Å². The first-order valence-corrected chi connectivity index (χ1v) is 10.9. The predicted molar refractivity (Wildman–Crippen MR) is 105 cm³/mol. The normalized spacial score (nSPS) is 11.0. The molecule has 0 unspecified atom stereocenters. The van der Waals surface area contributed by atoms with Crippen LogP contribution in [-0.2, 0) is 0 Å². The van der Waals surface area contributed by atoms with Gasteiger partial charge in [0.15, 0.2) is 0 Å². The molecule has 0 N–H and O–H groups in total. The van der Waals surface area contributed by atoms with Crippen LogP contribution in [-0.4, -0.2) is 6.61 Å². The highest BCUT2D eigenvalue weighted by Crippen LogP contribution is 2.23. The molecule has 0 fully saturated rings. The van der Waals surface area contributed by atoms with E-state index in [9.17, 15) is 0 Å². The highest BCUT2D eigenvalue weighted by Gasteiger charge is 1.99. The molecule has 0 aliphatic carbocycles. The van der Waals surface area contributed by atoms with Gasteiger partial charge in [-0.3, -0.25) is 0 Å². The summed E-state index contributed by atoms with van der Waals surface area (Å²) < 4.78 is 5.79. The van der Waals surface area contributed by atoms with Crippen molar-refractivity contribution in [2.75, 3.05) is 6.61 Å². The molecule has 1 nitrogen and oxygen atoms in total. The molecule has 0 amide bonds. The zero-order valence-electron chi connectivity index (χ0n) is 15.6. The lowest BCUT2D eigenvalue weighted by Gasteiger charge is -2.05. The van der Waals surface area contributed by atoms with Crippen LogP contribution in [0.15, 0.2) is 11.4 Å². The number of thiophene rings is 1. The zero-order chi connectivity index (χ0) is 16.6. The Labute approximate surface area is 148 Å². The summed E-state index contributed by atoms with van der Waals surface area (Å²) in [6, 6.07) is 2.09. The highest BCUT2D eigenvalue weighted by molar-refractivity contribution is 7.10. The molecule has 0 aromatic carbocycles. The Morgan fingerprint density at radius 3 is 1.65 bits per heavy atom. The average Bonchev–Trinajstić information content (AvgIpc) is 2.96. The minimum absolute atomic E-state index is 0.885. The first kappa shape index (κ1) is 20.5. The molecule has 1 rings (SSSR count). The molecular weight excluding hydrogens is 300 g/mol. The minimum Gasteiger partial charge on any atom is -0.492 e. The van der Waals surface area contributed by atoms with Crippen LogP contribution in [0.5, 0.6) is 5.75 Å². The average molecular weight is 339 g/mol. The fourth-order valence-corrected chi connectivity index (χ4v) is 3.64. The number of rotatable bonds is 16. The molecule has 0 spiro atoms. The molecule has 1 aromatic heterocycles. The maximum absolute atomic E-state index is 5.79. The molecular formula is C21H38OS. The van der Waals surface area contributed by atoms with Crippen LogP contribution in [0.1, 0.15) is 102 Å².